The van der Waals surface area contributed by atoms with Gasteiger partial charge >= 0.3 is 0 Å². The highest BCUT2D eigenvalue weighted by Gasteiger charge is 2.43. The van der Waals surface area contributed by atoms with E-state index in [0.29, 0.717) is 37.9 Å². The number of piperidine rings is 1. The number of amides is 2. The van der Waals surface area contributed by atoms with E-state index in [1.165, 1.54) is 6.42 Å². The number of hydrogen-bond acceptors (Lipinski definition) is 7. The molecule has 8 nitrogen and oxygen atoms in total. The van der Waals surface area contributed by atoms with Crippen molar-refractivity contribution in [2.75, 3.05) is 46.5 Å². The van der Waals surface area contributed by atoms with Gasteiger partial charge < -0.3 is 14.4 Å². The van der Waals surface area contributed by atoms with Crippen molar-refractivity contribution in [3.05, 3.63) is 29.8 Å². The number of rotatable bonds is 6. The first-order valence-electron chi connectivity index (χ1n) is 12.4. The molecule has 3 fully saturated rings. The Morgan fingerprint density at radius 1 is 1.03 bits per heavy atom. The van der Waals surface area contributed by atoms with Gasteiger partial charge in [0, 0.05) is 45.0 Å². The van der Waals surface area contributed by atoms with Gasteiger partial charge in [-0.15, -0.1) is 0 Å². The molecule has 1 atom stereocenters. The Labute approximate surface area is 206 Å². The Bertz CT molecular complexity index is 822. The van der Waals surface area contributed by atoms with Crippen molar-refractivity contribution in [2.24, 2.45) is 11.8 Å². The summed E-state index contributed by atoms with van der Waals surface area (Å²) in [7, 11) is 1.63. The third-order valence-corrected chi connectivity index (χ3v) is 9.25. The van der Waals surface area contributed by atoms with Crippen molar-refractivity contribution in [2.45, 2.75) is 49.7 Å². The van der Waals surface area contributed by atoms with Gasteiger partial charge in [-0.3, -0.25) is 14.8 Å². The van der Waals surface area contributed by atoms with Gasteiger partial charge in [0.1, 0.15) is 10.5 Å². The van der Waals surface area contributed by atoms with Crippen molar-refractivity contribution in [3.63, 3.8) is 0 Å². The predicted molar refractivity (Wildman–Crippen MR) is 131 cm³/mol. The number of methoxy groups -OCH3 is 1. The third kappa shape index (κ3) is 5.87. The number of carbonyl (C=O) groups excluding carboxylic acids is 2. The van der Waals surface area contributed by atoms with Crippen molar-refractivity contribution in [1.29, 1.82) is 0 Å². The second-order valence-electron chi connectivity index (χ2n) is 9.62. The Hall–Kier alpha value is -1.81. The topological polar surface area (TPSA) is 91.3 Å². The summed E-state index contributed by atoms with van der Waals surface area (Å²) in [6.07, 6.45) is 6.74. The molecule has 0 saturated carbocycles. The van der Waals surface area contributed by atoms with E-state index in [1.807, 2.05) is 34.6 Å². The molecule has 1 aromatic rings. The number of carbonyl (C=O) groups is 2. The fourth-order valence-corrected chi connectivity index (χ4v) is 6.95. The molecule has 3 saturated heterocycles. The summed E-state index contributed by atoms with van der Waals surface area (Å²) < 4.78 is 12.4. The van der Waals surface area contributed by atoms with E-state index in [-0.39, 0.29) is 11.8 Å². The molecule has 9 heteroatoms. The maximum atomic E-state index is 12.9. The van der Waals surface area contributed by atoms with E-state index in [1.54, 1.807) is 19.1 Å². The van der Waals surface area contributed by atoms with Crippen molar-refractivity contribution in [3.8, 4) is 5.75 Å². The molecule has 34 heavy (non-hydrogen) atoms. The van der Waals surface area contributed by atoms with Crippen LogP contribution in [0.3, 0.4) is 0 Å². The molecule has 0 radical (unpaired) electrons. The van der Waals surface area contributed by atoms with Crippen LogP contribution in [-0.2, 0) is 9.53 Å². The van der Waals surface area contributed by atoms with Gasteiger partial charge in [-0.25, -0.2) is 9.79 Å². The van der Waals surface area contributed by atoms with Gasteiger partial charge in [0.15, 0.2) is 0 Å². The van der Waals surface area contributed by atoms with Crippen LogP contribution in [0.25, 0.3) is 0 Å². The summed E-state index contributed by atoms with van der Waals surface area (Å²) in [5.74, 6) is 1.85. The average molecular weight is 492 g/mol. The highest BCUT2D eigenvalue weighted by molar-refractivity contribution is 7.99. The minimum absolute atomic E-state index is 0.105. The lowest BCUT2D eigenvalue weighted by Gasteiger charge is -2.38. The minimum atomic E-state index is -0.639. The molecule has 3 aliphatic rings. The molecule has 0 bridgehead atoms. The number of hydroxylamine groups is 1. The summed E-state index contributed by atoms with van der Waals surface area (Å²) in [6.45, 7) is 4.61. The van der Waals surface area contributed by atoms with Gasteiger partial charge in [-0.1, -0.05) is 11.9 Å². The van der Waals surface area contributed by atoms with Gasteiger partial charge in [-0.2, -0.15) is 0 Å². The molecule has 2 amide bonds. The number of nitrogens with zero attached hydrogens (tertiary/aromatic N) is 2. The zero-order valence-electron chi connectivity index (χ0n) is 20.0. The van der Waals surface area contributed by atoms with Crippen LogP contribution in [0, 0.1) is 11.8 Å². The second-order valence-corrected chi connectivity index (χ2v) is 11.1. The van der Waals surface area contributed by atoms with Crippen LogP contribution in [0.4, 0.5) is 0 Å². The normalized spacial score (nSPS) is 24.3. The van der Waals surface area contributed by atoms with Gasteiger partial charge in [0.25, 0.3) is 11.8 Å². The van der Waals surface area contributed by atoms with Crippen LogP contribution in [0.5, 0.6) is 5.75 Å². The monoisotopic (exact) mass is 491 g/mol. The lowest BCUT2D eigenvalue weighted by Crippen LogP contribution is -2.49. The van der Waals surface area contributed by atoms with Crippen molar-refractivity contribution < 1.29 is 24.3 Å². The SMILES string of the molecule is COc1ccc(C(=O)N2CCC(C3CCCN(SC4(C(=O)NO)CCOCC4)CC3)CC2)cc1. The van der Waals surface area contributed by atoms with Gasteiger partial charge in [0.05, 0.1) is 7.11 Å². The van der Waals surface area contributed by atoms with Crippen LogP contribution in [0.15, 0.2) is 24.3 Å². The minimum Gasteiger partial charge on any atom is -0.497 e. The van der Waals surface area contributed by atoms with Crippen molar-refractivity contribution >= 4 is 23.8 Å². The van der Waals surface area contributed by atoms with E-state index in [4.69, 9.17) is 9.47 Å². The Balaban J connectivity index is 1.27. The number of benzene rings is 1. The van der Waals surface area contributed by atoms with E-state index < -0.39 is 4.75 Å². The average Bonchev–Trinajstić information content (AvgIpc) is 3.14. The zero-order chi connectivity index (χ0) is 24.0. The molecule has 2 N–H and O–H groups in total. The summed E-state index contributed by atoms with van der Waals surface area (Å²) in [5, 5.41) is 9.30. The number of ether oxygens (including phenoxy) is 2. The molecule has 188 valence electrons. The first kappa shape index (κ1) is 25.3. The van der Waals surface area contributed by atoms with Crippen LogP contribution in [0.2, 0.25) is 0 Å². The van der Waals surface area contributed by atoms with Crippen LogP contribution in [0.1, 0.15) is 55.3 Å². The number of nitrogens with one attached hydrogen (secondary N) is 1. The summed E-state index contributed by atoms with van der Waals surface area (Å²) in [6, 6.07) is 7.36. The summed E-state index contributed by atoms with van der Waals surface area (Å²) in [5.41, 5.74) is 2.61. The largest absolute Gasteiger partial charge is 0.497 e. The number of likely N-dealkylation sites (tertiary alicyclic amines) is 1. The first-order chi connectivity index (χ1) is 16.5. The van der Waals surface area contributed by atoms with Crippen LogP contribution < -0.4 is 10.2 Å². The van der Waals surface area contributed by atoms with E-state index in [2.05, 4.69) is 4.31 Å². The van der Waals surface area contributed by atoms with E-state index in [9.17, 15) is 14.8 Å². The van der Waals surface area contributed by atoms with Gasteiger partial charge in [0.2, 0.25) is 0 Å². The fourth-order valence-electron chi connectivity index (χ4n) is 5.56. The third-order valence-electron chi connectivity index (χ3n) is 7.68. The molecule has 4 rings (SSSR count). The molecule has 0 aromatic heterocycles. The molecule has 1 unspecified atom stereocenters. The Kier molecular flexibility index (Phi) is 8.74. The maximum Gasteiger partial charge on any atom is 0.261 e. The molecule has 3 heterocycles. The molecule has 1 aromatic carbocycles. The van der Waals surface area contributed by atoms with Crippen molar-refractivity contribution in [1.82, 2.24) is 14.7 Å². The van der Waals surface area contributed by atoms with E-state index >= 15 is 0 Å². The standard InChI is InChI=1S/C25H37N3O5S/c1-32-22-6-4-21(5-7-22)23(29)27-14-8-20(9-15-27)19-3-2-13-28(16-10-19)34-25(24(30)26-31)11-17-33-18-12-25/h4-7,19-20,31H,2-3,8-18H2,1H3,(H,26,30). The fraction of sp³-hybridized carbons (Fsp3) is 0.680. The van der Waals surface area contributed by atoms with E-state index in [0.717, 1.165) is 63.2 Å². The van der Waals surface area contributed by atoms with Crippen LogP contribution >= 0.6 is 11.9 Å². The molecule has 3 aliphatic heterocycles. The maximum absolute atomic E-state index is 12.9. The van der Waals surface area contributed by atoms with Crippen LogP contribution in [-0.4, -0.2) is 77.5 Å². The highest BCUT2D eigenvalue weighted by Crippen LogP contribution is 2.41. The van der Waals surface area contributed by atoms with Gasteiger partial charge in [-0.05, 0) is 81.0 Å². The number of hydrogen-bond donors (Lipinski definition) is 2. The predicted octanol–water partition coefficient (Wildman–Crippen LogP) is 3.35. The summed E-state index contributed by atoms with van der Waals surface area (Å²) >= 11 is 1.61. The summed E-state index contributed by atoms with van der Waals surface area (Å²) in [4.78, 5) is 27.4. The molecule has 0 aliphatic carbocycles. The highest BCUT2D eigenvalue weighted by atomic mass is 32.2. The molecular weight excluding hydrogens is 454 g/mol. The Morgan fingerprint density at radius 3 is 2.32 bits per heavy atom. The zero-order valence-corrected chi connectivity index (χ0v) is 20.9. The lowest BCUT2D eigenvalue weighted by atomic mass is 9.80. The smallest absolute Gasteiger partial charge is 0.261 e. The first-order valence-corrected chi connectivity index (χ1v) is 13.2. The quantitative estimate of drug-likeness (QED) is 0.358. The molecule has 0 spiro atoms. The Morgan fingerprint density at radius 2 is 1.68 bits per heavy atom. The second kappa shape index (κ2) is 11.7. The molecular formula is C25H37N3O5S. The lowest BCUT2D eigenvalue weighted by molar-refractivity contribution is -0.134.